The van der Waals surface area contributed by atoms with Gasteiger partial charge in [0.2, 0.25) is 0 Å². The van der Waals surface area contributed by atoms with Crippen LogP contribution in [0.25, 0.3) is 0 Å². The zero-order valence-electron chi connectivity index (χ0n) is 11.5. The summed E-state index contributed by atoms with van der Waals surface area (Å²) in [6, 6.07) is 4.64. The van der Waals surface area contributed by atoms with Crippen molar-refractivity contribution in [2.75, 3.05) is 31.1 Å². The van der Waals surface area contributed by atoms with Gasteiger partial charge in [0.05, 0.1) is 10.6 Å². The van der Waals surface area contributed by atoms with E-state index in [1.54, 1.807) is 11.0 Å². The van der Waals surface area contributed by atoms with E-state index >= 15 is 0 Å². The van der Waals surface area contributed by atoms with Crippen molar-refractivity contribution in [3.63, 3.8) is 0 Å². The summed E-state index contributed by atoms with van der Waals surface area (Å²) in [7, 11) is 0. The van der Waals surface area contributed by atoms with Crippen molar-refractivity contribution in [3.8, 4) is 0 Å². The van der Waals surface area contributed by atoms with E-state index in [0.717, 1.165) is 5.69 Å². The largest absolute Gasteiger partial charge is 0.384 e. The topological polar surface area (TPSA) is 86.9 Å². The summed E-state index contributed by atoms with van der Waals surface area (Å²) in [4.78, 5) is 25.7. The number of hydrogen-bond acceptors (Lipinski definition) is 5. The van der Waals surface area contributed by atoms with Gasteiger partial charge in [-0.25, -0.2) is 0 Å². The van der Waals surface area contributed by atoms with E-state index in [2.05, 4.69) is 20.8 Å². The fraction of sp³-hybridized carbons (Fsp3) is 0.462. The van der Waals surface area contributed by atoms with Gasteiger partial charge in [0, 0.05) is 42.8 Å². The van der Waals surface area contributed by atoms with Crippen LogP contribution in [-0.2, 0) is 4.79 Å². The number of halogens is 1. The van der Waals surface area contributed by atoms with Crippen LogP contribution in [0, 0.1) is 10.1 Å². The van der Waals surface area contributed by atoms with Gasteiger partial charge in [0.15, 0.2) is 0 Å². The maximum atomic E-state index is 11.7. The van der Waals surface area contributed by atoms with Crippen molar-refractivity contribution in [1.82, 2.24) is 4.90 Å². The van der Waals surface area contributed by atoms with Crippen molar-refractivity contribution < 1.29 is 14.8 Å². The van der Waals surface area contributed by atoms with Crippen molar-refractivity contribution >= 4 is 33.2 Å². The van der Waals surface area contributed by atoms with Crippen molar-refractivity contribution in [2.45, 2.75) is 13.0 Å². The molecule has 1 N–H and O–H groups in total. The van der Waals surface area contributed by atoms with Crippen molar-refractivity contribution in [3.05, 3.63) is 32.8 Å². The summed E-state index contributed by atoms with van der Waals surface area (Å²) in [5.41, 5.74) is 0.901. The molecule has 114 valence electrons. The van der Waals surface area contributed by atoms with Crippen LogP contribution in [0.15, 0.2) is 22.7 Å². The summed E-state index contributed by atoms with van der Waals surface area (Å²) in [5, 5.41) is 20.0. The van der Waals surface area contributed by atoms with Gasteiger partial charge < -0.3 is 14.9 Å². The van der Waals surface area contributed by atoms with Crippen LogP contribution in [-0.4, -0.2) is 53.1 Å². The number of non-ortho nitro benzene ring substituents is 1. The highest BCUT2D eigenvalue weighted by atomic mass is 79.9. The molecule has 1 atom stereocenters. The van der Waals surface area contributed by atoms with Gasteiger partial charge in [0.25, 0.3) is 11.6 Å². The quantitative estimate of drug-likeness (QED) is 0.652. The number of aliphatic hydroxyl groups is 1. The summed E-state index contributed by atoms with van der Waals surface area (Å²) >= 11 is 3.35. The average Bonchev–Trinajstić information content (AvgIpc) is 2.46. The molecular weight excluding hydrogens is 342 g/mol. The van der Waals surface area contributed by atoms with Crippen LogP contribution in [0.4, 0.5) is 11.4 Å². The number of benzene rings is 1. The Balaban J connectivity index is 2.06. The number of rotatable bonds is 3. The Morgan fingerprint density at radius 1 is 1.38 bits per heavy atom. The summed E-state index contributed by atoms with van der Waals surface area (Å²) in [5.74, 6) is -0.266. The molecule has 0 radical (unpaired) electrons. The number of anilines is 1. The molecule has 1 aliphatic rings. The zero-order chi connectivity index (χ0) is 15.6. The molecule has 1 heterocycles. The van der Waals surface area contributed by atoms with Crippen LogP contribution >= 0.6 is 15.9 Å². The third kappa shape index (κ3) is 3.51. The first kappa shape index (κ1) is 15.7. The first-order chi connectivity index (χ1) is 9.90. The lowest BCUT2D eigenvalue weighted by atomic mass is 10.2. The predicted octanol–water partition coefficient (Wildman–Crippen LogP) is 1.39. The number of aliphatic hydroxyl groups excluding tert-OH is 1. The van der Waals surface area contributed by atoms with E-state index < -0.39 is 11.0 Å². The van der Waals surface area contributed by atoms with Gasteiger partial charge in [-0.15, -0.1) is 0 Å². The molecule has 1 unspecified atom stereocenters. The lowest BCUT2D eigenvalue weighted by Gasteiger charge is -2.37. The molecule has 2 rings (SSSR count). The minimum atomic E-state index is -0.984. The fourth-order valence-electron chi connectivity index (χ4n) is 2.30. The van der Waals surface area contributed by atoms with E-state index in [9.17, 15) is 20.0 Å². The van der Waals surface area contributed by atoms with E-state index in [1.807, 2.05) is 0 Å². The number of hydrogen-bond donors (Lipinski definition) is 1. The molecule has 1 aromatic carbocycles. The maximum absolute atomic E-state index is 11.7. The number of nitrogens with zero attached hydrogens (tertiary/aromatic N) is 3. The second-order valence-corrected chi connectivity index (χ2v) is 5.74. The first-order valence-electron chi connectivity index (χ1n) is 6.56. The van der Waals surface area contributed by atoms with Gasteiger partial charge in [-0.3, -0.25) is 14.9 Å². The van der Waals surface area contributed by atoms with Gasteiger partial charge >= 0.3 is 0 Å². The van der Waals surface area contributed by atoms with Crippen LogP contribution in [0.3, 0.4) is 0 Å². The lowest BCUT2D eigenvalue weighted by Crippen LogP contribution is -2.51. The van der Waals surface area contributed by atoms with Crippen LogP contribution in [0.5, 0.6) is 0 Å². The Labute approximate surface area is 130 Å². The predicted molar refractivity (Wildman–Crippen MR) is 81.3 cm³/mol. The Morgan fingerprint density at radius 2 is 2.00 bits per heavy atom. The molecule has 0 aliphatic carbocycles. The summed E-state index contributed by atoms with van der Waals surface area (Å²) in [6.45, 7) is 3.74. The molecular formula is C13H16BrN3O4. The maximum Gasteiger partial charge on any atom is 0.270 e. The van der Waals surface area contributed by atoms with Crippen LogP contribution in [0.1, 0.15) is 6.92 Å². The van der Waals surface area contributed by atoms with Gasteiger partial charge in [-0.1, -0.05) is 0 Å². The molecule has 1 aliphatic heterocycles. The highest BCUT2D eigenvalue weighted by molar-refractivity contribution is 9.10. The first-order valence-corrected chi connectivity index (χ1v) is 7.35. The Hall–Kier alpha value is -1.67. The molecule has 8 heteroatoms. The van der Waals surface area contributed by atoms with E-state index in [0.29, 0.717) is 30.7 Å². The highest BCUT2D eigenvalue weighted by Gasteiger charge is 2.25. The smallest absolute Gasteiger partial charge is 0.270 e. The minimum Gasteiger partial charge on any atom is -0.384 e. The Morgan fingerprint density at radius 3 is 2.48 bits per heavy atom. The zero-order valence-corrected chi connectivity index (χ0v) is 13.1. The lowest BCUT2D eigenvalue weighted by molar-refractivity contribution is -0.384. The highest BCUT2D eigenvalue weighted by Crippen LogP contribution is 2.30. The van der Waals surface area contributed by atoms with E-state index in [1.165, 1.54) is 19.1 Å². The Bertz CT molecular complexity index is 556. The fourth-order valence-corrected chi connectivity index (χ4v) is 2.92. The average molecular weight is 358 g/mol. The molecule has 0 bridgehead atoms. The third-order valence-corrected chi connectivity index (χ3v) is 4.07. The van der Waals surface area contributed by atoms with Gasteiger partial charge in [-0.2, -0.15) is 0 Å². The molecule has 7 nitrogen and oxygen atoms in total. The summed E-state index contributed by atoms with van der Waals surface area (Å²) < 4.78 is 0.659. The van der Waals surface area contributed by atoms with Gasteiger partial charge in [0.1, 0.15) is 6.10 Å². The molecule has 0 saturated carbocycles. The van der Waals surface area contributed by atoms with E-state index in [-0.39, 0.29) is 11.6 Å². The van der Waals surface area contributed by atoms with E-state index in [4.69, 9.17) is 0 Å². The molecule has 0 aromatic heterocycles. The molecule has 21 heavy (non-hydrogen) atoms. The SMILES string of the molecule is CC(O)C(=O)N1CCN(c2ccc([N+](=O)[O-])cc2Br)CC1. The number of carbonyl (C=O) groups is 1. The van der Waals surface area contributed by atoms with Crippen molar-refractivity contribution in [2.24, 2.45) is 0 Å². The monoisotopic (exact) mass is 357 g/mol. The number of carbonyl (C=O) groups excluding carboxylic acids is 1. The minimum absolute atomic E-state index is 0.0357. The summed E-state index contributed by atoms with van der Waals surface area (Å²) in [6.07, 6.45) is -0.984. The molecule has 0 spiro atoms. The number of nitro benzene ring substituents is 1. The number of piperazine rings is 1. The standard InChI is InChI=1S/C13H16BrN3O4/c1-9(18)13(19)16-6-4-15(5-7-16)12-3-2-10(17(20)21)8-11(12)14/h2-3,8-9,18H,4-7H2,1H3. The molecule has 1 fully saturated rings. The van der Waals surface area contributed by atoms with Crippen LogP contribution in [0.2, 0.25) is 0 Å². The second kappa shape index (κ2) is 6.40. The third-order valence-electron chi connectivity index (χ3n) is 3.43. The van der Waals surface area contributed by atoms with Gasteiger partial charge in [-0.05, 0) is 28.9 Å². The molecule has 1 aromatic rings. The van der Waals surface area contributed by atoms with Crippen LogP contribution < -0.4 is 4.90 Å². The molecule has 1 saturated heterocycles. The number of nitro groups is 1. The normalized spacial score (nSPS) is 16.7. The van der Waals surface area contributed by atoms with Crippen molar-refractivity contribution in [1.29, 1.82) is 0 Å². The molecule has 1 amide bonds. The second-order valence-electron chi connectivity index (χ2n) is 4.88. The number of amides is 1. The Kier molecular flexibility index (Phi) is 4.79.